The molecule has 0 radical (unpaired) electrons. The summed E-state index contributed by atoms with van der Waals surface area (Å²) in [6.45, 7) is 6.56. The summed E-state index contributed by atoms with van der Waals surface area (Å²) in [6, 6.07) is 9.05. The third-order valence-electron chi connectivity index (χ3n) is 7.35. The lowest BCUT2D eigenvalue weighted by Gasteiger charge is -2.33. The number of carbonyl (C=O) groups excluding carboxylic acids is 2. The number of sulfonamides is 1. The van der Waals surface area contributed by atoms with Crippen molar-refractivity contribution in [2.45, 2.75) is 51.2 Å². The second kappa shape index (κ2) is 13.1. The molecule has 0 saturated heterocycles. The van der Waals surface area contributed by atoms with Gasteiger partial charge in [-0.25, -0.2) is 17.6 Å². The predicted molar refractivity (Wildman–Crippen MR) is 157 cm³/mol. The van der Waals surface area contributed by atoms with Crippen LogP contribution in [-0.4, -0.2) is 78.7 Å². The number of urea groups is 1. The lowest BCUT2D eigenvalue weighted by molar-refractivity contribution is -0.134. The van der Waals surface area contributed by atoms with Crippen molar-refractivity contribution >= 4 is 33.3 Å². The lowest BCUT2D eigenvalue weighted by Crippen LogP contribution is -2.48. The van der Waals surface area contributed by atoms with Gasteiger partial charge in [0.2, 0.25) is 15.9 Å². The van der Waals surface area contributed by atoms with E-state index in [-0.39, 0.29) is 54.3 Å². The Labute approximate surface area is 249 Å². The SMILES string of the molecule is Cc1noc(C)c1S(=O)(=O)N(C)C[C@@H]1Oc2ccc(NC(=O)Nc3ccc(F)cc3)cc2CC(=O)N([C@H](C)CO)C[C@H]1C. The van der Waals surface area contributed by atoms with Crippen LogP contribution in [0.4, 0.5) is 20.6 Å². The number of aliphatic hydroxyl groups excluding tert-OH is 1. The minimum Gasteiger partial charge on any atom is -0.488 e. The molecule has 2 heterocycles. The van der Waals surface area contributed by atoms with E-state index in [9.17, 15) is 27.5 Å². The summed E-state index contributed by atoms with van der Waals surface area (Å²) in [5.41, 5.74) is 1.48. The Morgan fingerprint density at radius 3 is 2.47 bits per heavy atom. The van der Waals surface area contributed by atoms with Gasteiger partial charge in [0.25, 0.3) is 0 Å². The Balaban J connectivity index is 1.62. The van der Waals surface area contributed by atoms with Crippen LogP contribution in [0.25, 0.3) is 0 Å². The summed E-state index contributed by atoms with van der Waals surface area (Å²) in [6.07, 6.45) is -0.777. The van der Waals surface area contributed by atoms with Crippen molar-refractivity contribution in [3.05, 3.63) is 65.3 Å². The molecule has 3 N–H and O–H groups in total. The van der Waals surface area contributed by atoms with Gasteiger partial charge in [0.1, 0.15) is 28.3 Å². The highest BCUT2D eigenvalue weighted by Crippen LogP contribution is 2.30. The van der Waals surface area contributed by atoms with Crippen molar-refractivity contribution < 1.29 is 36.8 Å². The zero-order chi connectivity index (χ0) is 31.5. The van der Waals surface area contributed by atoms with Crippen LogP contribution in [0.3, 0.4) is 0 Å². The van der Waals surface area contributed by atoms with Crippen LogP contribution in [0.2, 0.25) is 0 Å². The molecule has 43 heavy (non-hydrogen) atoms. The molecule has 0 saturated carbocycles. The zero-order valence-electron chi connectivity index (χ0n) is 24.6. The van der Waals surface area contributed by atoms with Crippen molar-refractivity contribution in [3.8, 4) is 5.75 Å². The quantitative estimate of drug-likeness (QED) is 0.347. The predicted octanol–water partition coefficient (Wildman–Crippen LogP) is 3.54. The van der Waals surface area contributed by atoms with Gasteiger partial charge in [-0.1, -0.05) is 12.1 Å². The van der Waals surface area contributed by atoms with Gasteiger partial charge in [0, 0.05) is 36.4 Å². The molecule has 14 heteroatoms. The number of hydrogen-bond acceptors (Lipinski definition) is 8. The first kappa shape index (κ1) is 31.9. The fraction of sp³-hybridized carbons (Fsp3) is 0.414. The third kappa shape index (κ3) is 7.32. The molecular formula is C29H36FN5O7S. The zero-order valence-corrected chi connectivity index (χ0v) is 25.4. The maximum absolute atomic E-state index is 13.5. The Kier molecular flexibility index (Phi) is 9.72. The number of carbonyl (C=O) groups is 2. The number of fused-ring (bicyclic) bond motifs is 1. The summed E-state index contributed by atoms with van der Waals surface area (Å²) >= 11 is 0. The fourth-order valence-electron chi connectivity index (χ4n) is 4.90. The van der Waals surface area contributed by atoms with Crippen LogP contribution in [0.5, 0.6) is 5.75 Å². The number of aryl methyl sites for hydroxylation is 2. The first-order valence-electron chi connectivity index (χ1n) is 13.7. The smallest absolute Gasteiger partial charge is 0.323 e. The molecule has 232 valence electrons. The fourth-order valence-corrected chi connectivity index (χ4v) is 6.37. The average Bonchev–Trinajstić information content (AvgIpc) is 3.32. The van der Waals surface area contributed by atoms with Gasteiger partial charge in [-0.3, -0.25) is 4.79 Å². The molecule has 12 nitrogen and oxygen atoms in total. The van der Waals surface area contributed by atoms with E-state index in [2.05, 4.69) is 15.8 Å². The highest BCUT2D eigenvalue weighted by atomic mass is 32.2. The molecule has 1 aliphatic rings. The van der Waals surface area contributed by atoms with Gasteiger partial charge in [-0.2, -0.15) is 4.31 Å². The summed E-state index contributed by atoms with van der Waals surface area (Å²) in [5, 5.41) is 19.0. The van der Waals surface area contributed by atoms with Crippen LogP contribution in [-0.2, 0) is 21.2 Å². The topological polar surface area (TPSA) is 154 Å². The number of aromatic nitrogens is 1. The molecule has 0 unspecified atom stereocenters. The van der Waals surface area contributed by atoms with E-state index in [1.54, 1.807) is 36.9 Å². The molecule has 3 aromatic rings. The molecule has 0 aliphatic carbocycles. The number of nitrogens with one attached hydrogen (secondary N) is 2. The number of nitrogens with zero attached hydrogens (tertiary/aromatic N) is 3. The van der Waals surface area contributed by atoms with Crippen molar-refractivity contribution in [2.75, 3.05) is 37.4 Å². The standard InChI is InChI=1S/C29H36FN5O7S/c1-17-14-35(18(2)16-36)27(37)13-21-12-24(32-29(38)31-23-8-6-22(30)7-9-23)10-11-25(21)41-26(17)15-34(5)43(39,40)28-19(3)33-42-20(28)4/h6-12,17-18,26,36H,13-16H2,1-5H3,(H2,31,32,38)/t17-,18-,26+/m1/s1. The molecule has 1 aliphatic heterocycles. The van der Waals surface area contributed by atoms with Crippen LogP contribution in [0.1, 0.15) is 30.9 Å². The molecule has 3 atom stereocenters. The van der Waals surface area contributed by atoms with Crippen LogP contribution < -0.4 is 15.4 Å². The maximum Gasteiger partial charge on any atom is 0.323 e. The van der Waals surface area contributed by atoms with Gasteiger partial charge >= 0.3 is 6.03 Å². The monoisotopic (exact) mass is 617 g/mol. The van der Waals surface area contributed by atoms with Crippen molar-refractivity contribution in [1.29, 1.82) is 0 Å². The first-order chi connectivity index (χ1) is 20.3. The van der Waals surface area contributed by atoms with Gasteiger partial charge < -0.3 is 29.9 Å². The van der Waals surface area contributed by atoms with E-state index in [4.69, 9.17) is 9.26 Å². The van der Waals surface area contributed by atoms with E-state index in [0.717, 1.165) is 0 Å². The van der Waals surface area contributed by atoms with E-state index in [1.165, 1.54) is 42.5 Å². The molecule has 0 bridgehead atoms. The third-order valence-corrected chi connectivity index (χ3v) is 9.42. The molecule has 3 amide bonds. The van der Waals surface area contributed by atoms with Crippen LogP contribution >= 0.6 is 0 Å². The lowest BCUT2D eigenvalue weighted by atomic mass is 10.0. The van der Waals surface area contributed by atoms with Gasteiger partial charge in [-0.15, -0.1) is 0 Å². The van der Waals surface area contributed by atoms with Crippen LogP contribution in [0.15, 0.2) is 51.9 Å². The number of benzene rings is 2. The Morgan fingerprint density at radius 1 is 1.19 bits per heavy atom. The molecule has 0 spiro atoms. The molecule has 1 aromatic heterocycles. The summed E-state index contributed by atoms with van der Waals surface area (Å²) in [5.74, 6) is -0.501. The minimum absolute atomic E-state index is 0.00791. The second-order valence-corrected chi connectivity index (χ2v) is 12.7. The normalized spacial score (nSPS) is 18.2. The largest absolute Gasteiger partial charge is 0.488 e. The summed E-state index contributed by atoms with van der Waals surface area (Å²) in [4.78, 5) is 27.6. The number of amides is 3. The maximum atomic E-state index is 13.5. The number of rotatable bonds is 8. The highest BCUT2D eigenvalue weighted by molar-refractivity contribution is 7.89. The number of hydrogen-bond donors (Lipinski definition) is 3. The summed E-state index contributed by atoms with van der Waals surface area (Å²) < 4.78 is 52.8. The van der Waals surface area contributed by atoms with Crippen LogP contribution in [0, 0.1) is 25.6 Å². The van der Waals surface area contributed by atoms with Gasteiger partial charge in [0.15, 0.2) is 5.76 Å². The molecule has 4 rings (SSSR count). The van der Waals surface area contributed by atoms with E-state index < -0.39 is 34.0 Å². The highest BCUT2D eigenvalue weighted by Gasteiger charge is 2.35. The Morgan fingerprint density at radius 2 is 1.84 bits per heavy atom. The van der Waals surface area contributed by atoms with E-state index in [1.807, 2.05) is 6.92 Å². The van der Waals surface area contributed by atoms with Crippen molar-refractivity contribution in [1.82, 2.24) is 14.4 Å². The number of anilines is 2. The number of halogens is 1. The number of ether oxygens (including phenoxy) is 1. The minimum atomic E-state index is -3.98. The average molecular weight is 618 g/mol. The van der Waals surface area contributed by atoms with Gasteiger partial charge in [0.05, 0.1) is 25.6 Å². The van der Waals surface area contributed by atoms with E-state index in [0.29, 0.717) is 22.7 Å². The molecule has 0 fully saturated rings. The first-order valence-corrected chi connectivity index (χ1v) is 15.2. The second-order valence-electron chi connectivity index (χ2n) is 10.7. The molecular weight excluding hydrogens is 581 g/mol. The molecule has 2 aromatic carbocycles. The summed E-state index contributed by atoms with van der Waals surface area (Å²) in [7, 11) is -2.54. The van der Waals surface area contributed by atoms with Crippen molar-refractivity contribution in [2.24, 2.45) is 5.92 Å². The Hall–Kier alpha value is -4.01. The van der Waals surface area contributed by atoms with Gasteiger partial charge in [-0.05, 0) is 63.2 Å². The van der Waals surface area contributed by atoms with Crippen molar-refractivity contribution in [3.63, 3.8) is 0 Å². The Bertz CT molecular complexity index is 1560. The van der Waals surface area contributed by atoms with E-state index >= 15 is 0 Å². The number of likely N-dealkylation sites (N-methyl/N-ethyl adjacent to an activating group) is 1. The number of aliphatic hydroxyl groups is 1.